The lowest BCUT2D eigenvalue weighted by Gasteiger charge is -2.26. The van der Waals surface area contributed by atoms with Crippen molar-refractivity contribution in [2.24, 2.45) is 0 Å². The van der Waals surface area contributed by atoms with E-state index in [1.165, 1.54) is 10.5 Å². The lowest BCUT2D eigenvalue weighted by atomic mass is 10.2. The number of hydrogen-bond acceptors (Lipinski definition) is 5. The van der Waals surface area contributed by atoms with Gasteiger partial charge in [0, 0.05) is 38.6 Å². The summed E-state index contributed by atoms with van der Waals surface area (Å²) in [5.74, 6) is 0. The van der Waals surface area contributed by atoms with Gasteiger partial charge in [0.2, 0.25) is 10.0 Å². The minimum atomic E-state index is -3.52. The number of hydrogen-bond donors (Lipinski definition) is 1. The number of rotatable bonds is 6. The largest absolute Gasteiger partial charge is 0.384 e. The Labute approximate surface area is 127 Å². The Kier molecular flexibility index (Phi) is 5.18. The van der Waals surface area contributed by atoms with Crippen LogP contribution in [0.15, 0.2) is 23.4 Å². The molecule has 0 aromatic carbocycles. The second-order valence-corrected chi connectivity index (χ2v) is 7.48. The summed E-state index contributed by atoms with van der Waals surface area (Å²) < 4.78 is 26.9. The van der Waals surface area contributed by atoms with E-state index in [0.29, 0.717) is 24.8 Å². The van der Waals surface area contributed by atoms with Crippen LogP contribution >= 0.6 is 0 Å². The van der Waals surface area contributed by atoms with Crippen molar-refractivity contribution in [3.8, 4) is 0 Å². The third kappa shape index (κ3) is 3.53. The molecule has 1 unspecified atom stereocenters. The first-order chi connectivity index (χ1) is 9.96. The van der Waals surface area contributed by atoms with Crippen LogP contribution in [-0.2, 0) is 10.0 Å². The molecule has 21 heavy (non-hydrogen) atoms. The predicted molar refractivity (Wildman–Crippen MR) is 83.9 cm³/mol. The number of sulfonamides is 1. The number of nitrogens with zero attached hydrogens (tertiary/aromatic N) is 3. The minimum absolute atomic E-state index is 0.245. The molecule has 7 heteroatoms. The van der Waals surface area contributed by atoms with Gasteiger partial charge < -0.3 is 10.2 Å². The van der Waals surface area contributed by atoms with Crippen molar-refractivity contribution in [2.45, 2.75) is 30.7 Å². The van der Waals surface area contributed by atoms with Crippen molar-refractivity contribution >= 4 is 15.7 Å². The highest BCUT2D eigenvalue weighted by Crippen LogP contribution is 2.24. The molecule has 1 aromatic rings. The van der Waals surface area contributed by atoms with Gasteiger partial charge in [-0.25, -0.2) is 8.42 Å². The average molecular weight is 312 g/mol. The number of likely N-dealkylation sites (N-methyl/N-ethyl adjacent to an activating group) is 2. The topological polar surface area (TPSA) is 65.5 Å². The molecule has 1 aliphatic rings. The van der Waals surface area contributed by atoms with Gasteiger partial charge in [0.15, 0.2) is 0 Å². The smallest absolute Gasteiger partial charge is 0.246 e. The van der Waals surface area contributed by atoms with Crippen LogP contribution in [0, 0.1) is 0 Å². The molecule has 1 N–H and O–H groups in total. The fourth-order valence-electron chi connectivity index (χ4n) is 2.69. The molecule has 1 aliphatic heterocycles. The highest BCUT2D eigenvalue weighted by molar-refractivity contribution is 7.89. The van der Waals surface area contributed by atoms with Gasteiger partial charge in [-0.3, -0.25) is 4.98 Å². The van der Waals surface area contributed by atoms with Crippen LogP contribution in [0.5, 0.6) is 0 Å². The van der Waals surface area contributed by atoms with Crippen LogP contribution in [0.1, 0.15) is 19.8 Å². The molecule has 0 amide bonds. The van der Waals surface area contributed by atoms with Gasteiger partial charge in [-0.2, -0.15) is 4.31 Å². The molecular formula is C14H24N4O2S. The number of likely N-dealkylation sites (tertiary alicyclic amines) is 1. The van der Waals surface area contributed by atoms with Crippen LogP contribution < -0.4 is 5.32 Å². The molecule has 1 saturated heterocycles. The highest BCUT2D eigenvalue weighted by atomic mass is 32.2. The summed E-state index contributed by atoms with van der Waals surface area (Å²) in [6, 6.07) is 2.00. The van der Waals surface area contributed by atoms with E-state index in [0.717, 1.165) is 19.4 Å². The third-order valence-electron chi connectivity index (χ3n) is 3.98. The molecular weight excluding hydrogens is 288 g/mol. The van der Waals surface area contributed by atoms with Gasteiger partial charge in [0.05, 0.1) is 5.69 Å². The Bertz CT molecular complexity index is 576. The Balaban J connectivity index is 2.20. The monoisotopic (exact) mass is 312 g/mol. The molecule has 0 radical (unpaired) electrons. The van der Waals surface area contributed by atoms with Crippen LogP contribution in [0.4, 0.5) is 5.69 Å². The summed E-state index contributed by atoms with van der Waals surface area (Å²) in [6.07, 6.45) is 5.19. The minimum Gasteiger partial charge on any atom is -0.384 e. The predicted octanol–water partition coefficient (Wildman–Crippen LogP) is 1.23. The van der Waals surface area contributed by atoms with Crippen molar-refractivity contribution in [3.05, 3.63) is 18.5 Å². The summed E-state index contributed by atoms with van der Waals surface area (Å²) >= 11 is 0. The maximum absolute atomic E-state index is 12.7. The highest BCUT2D eigenvalue weighted by Gasteiger charge is 2.29. The van der Waals surface area contributed by atoms with E-state index in [2.05, 4.69) is 15.2 Å². The maximum atomic E-state index is 12.7. The lowest BCUT2D eigenvalue weighted by Crippen LogP contribution is -2.39. The third-order valence-corrected chi connectivity index (χ3v) is 5.83. The zero-order valence-corrected chi connectivity index (χ0v) is 13.7. The average Bonchev–Trinajstić information content (AvgIpc) is 2.85. The summed E-state index contributed by atoms with van der Waals surface area (Å²) in [6.45, 7) is 4.16. The van der Waals surface area contributed by atoms with E-state index in [9.17, 15) is 8.42 Å². The zero-order chi connectivity index (χ0) is 15.5. The second kappa shape index (κ2) is 6.72. The molecule has 0 bridgehead atoms. The van der Waals surface area contributed by atoms with E-state index >= 15 is 0 Å². The normalized spacial score (nSPS) is 20.1. The van der Waals surface area contributed by atoms with Gasteiger partial charge in [-0.1, -0.05) is 0 Å². The first-order valence-corrected chi connectivity index (χ1v) is 8.75. The first kappa shape index (κ1) is 16.2. The van der Waals surface area contributed by atoms with Crippen LogP contribution in [-0.4, -0.2) is 62.4 Å². The lowest BCUT2D eigenvalue weighted by molar-refractivity contribution is 0.271. The molecule has 1 fully saturated rings. The van der Waals surface area contributed by atoms with Crippen molar-refractivity contribution in [1.82, 2.24) is 14.2 Å². The van der Waals surface area contributed by atoms with Crippen molar-refractivity contribution < 1.29 is 8.42 Å². The molecule has 0 spiro atoms. The number of nitrogens with one attached hydrogen (secondary N) is 1. The van der Waals surface area contributed by atoms with Crippen molar-refractivity contribution in [1.29, 1.82) is 0 Å². The second-order valence-electron chi connectivity index (χ2n) is 5.46. The van der Waals surface area contributed by atoms with Gasteiger partial charge >= 0.3 is 0 Å². The SMILES string of the molecule is CCNc1ccncc1S(=O)(=O)N(C)CC1CCCN1C. The van der Waals surface area contributed by atoms with Crippen molar-refractivity contribution in [2.75, 3.05) is 39.0 Å². The Hall–Kier alpha value is -1.18. The Morgan fingerprint density at radius 3 is 2.90 bits per heavy atom. The number of pyridine rings is 1. The van der Waals surface area contributed by atoms with E-state index in [1.54, 1.807) is 19.3 Å². The standard InChI is InChI=1S/C14H24N4O2S/c1-4-16-13-7-8-15-10-14(13)21(19,20)18(3)11-12-6-5-9-17(12)2/h7-8,10,12H,4-6,9,11H2,1-3H3,(H,15,16). The van der Waals surface area contributed by atoms with Gasteiger partial charge in [-0.15, -0.1) is 0 Å². The molecule has 6 nitrogen and oxygen atoms in total. The quantitative estimate of drug-likeness (QED) is 0.856. The van der Waals surface area contributed by atoms with E-state index in [-0.39, 0.29) is 4.90 Å². The van der Waals surface area contributed by atoms with Gasteiger partial charge in [0.25, 0.3) is 0 Å². The van der Waals surface area contributed by atoms with E-state index in [4.69, 9.17) is 0 Å². The molecule has 118 valence electrons. The molecule has 0 aliphatic carbocycles. The molecule has 1 atom stereocenters. The summed E-state index contributed by atoms with van der Waals surface area (Å²) in [4.78, 5) is 6.43. The number of anilines is 1. The summed E-state index contributed by atoms with van der Waals surface area (Å²) in [5, 5.41) is 3.08. The fourth-order valence-corrected chi connectivity index (χ4v) is 4.01. The van der Waals surface area contributed by atoms with E-state index in [1.807, 2.05) is 14.0 Å². The van der Waals surface area contributed by atoms with Crippen LogP contribution in [0.25, 0.3) is 0 Å². The fraction of sp³-hybridized carbons (Fsp3) is 0.643. The summed E-state index contributed by atoms with van der Waals surface area (Å²) in [7, 11) is 0.170. The number of aromatic nitrogens is 1. The molecule has 1 aromatic heterocycles. The van der Waals surface area contributed by atoms with Crippen LogP contribution in [0.2, 0.25) is 0 Å². The zero-order valence-electron chi connectivity index (χ0n) is 12.9. The van der Waals surface area contributed by atoms with Gasteiger partial charge in [-0.05, 0) is 39.4 Å². The first-order valence-electron chi connectivity index (χ1n) is 7.31. The summed E-state index contributed by atoms with van der Waals surface area (Å²) in [5.41, 5.74) is 0.610. The molecule has 0 saturated carbocycles. The Morgan fingerprint density at radius 2 is 2.29 bits per heavy atom. The molecule has 2 heterocycles. The van der Waals surface area contributed by atoms with Crippen LogP contribution in [0.3, 0.4) is 0 Å². The molecule has 2 rings (SSSR count). The Morgan fingerprint density at radius 1 is 1.52 bits per heavy atom. The maximum Gasteiger partial charge on any atom is 0.246 e. The van der Waals surface area contributed by atoms with Gasteiger partial charge in [0.1, 0.15) is 4.90 Å². The van der Waals surface area contributed by atoms with E-state index < -0.39 is 10.0 Å². The van der Waals surface area contributed by atoms with Crippen molar-refractivity contribution in [3.63, 3.8) is 0 Å².